The van der Waals surface area contributed by atoms with E-state index in [2.05, 4.69) is 64.1 Å². The molecule has 14 heteroatoms. The van der Waals surface area contributed by atoms with E-state index in [1.54, 1.807) is 13.1 Å². The zero-order chi connectivity index (χ0) is 51.0. The molecule has 4 aromatic rings. The molecule has 0 bridgehead atoms. The van der Waals surface area contributed by atoms with Gasteiger partial charge >= 0.3 is 24.7 Å². The number of amides is 1. The molecular formula is C58H82F3LiNO5SiW3-3. The van der Waals surface area contributed by atoms with Crippen LogP contribution >= 0.6 is 0 Å². The number of rotatable bonds is 9. The standard InChI is InChI=1S/C13H18O.C12H15O.C11H11O.C7H13NO2.C7H7.C4H9F3Si.C4H9.Li.3W/c1-10-5-3-8-12(9-10)13(2,14)11-6-4-7-11;1-12(13,11-8-5-9-11)10-6-3-2-4-7-10;12-11(10-7-4-8-10)9-5-2-1-3-6-9;1-8(10-2)7(9)6-4-3-5-6;1-7-5-3-2-4-6-7;1-8(2,3)4(5,6)7;1-3-4-2;;;;/h3,5,8-9,11,14H,4,6-7H2,1-2H3;2-3,6-7,11,13H,5,8-9H2,1H3;1-2,5-6,10H,4,7-8H2;6H,3-5H2,1-2H3;2-3,5-6H,1H3;1-3H3;1,3-4H2,2H3;;;;/q;2*-1;;-1;;-1;+1;;;. The predicted molar refractivity (Wildman–Crippen MR) is 274 cm³/mol. The number of aliphatic hydroxyl groups is 2. The summed E-state index contributed by atoms with van der Waals surface area (Å²) >= 11 is 0. The van der Waals surface area contributed by atoms with E-state index in [1.807, 2.05) is 86.6 Å². The van der Waals surface area contributed by atoms with Crippen LogP contribution in [0.25, 0.3) is 0 Å². The summed E-state index contributed by atoms with van der Waals surface area (Å²) in [6.07, 6.45) is 16.1. The van der Waals surface area contributed by atoms with Crippen molar-refractivity contribution in [3.63, 3.8) is 0 Å². The smallest absolute Gasteiger partial charge is 0.398 e. The minimum absolute atomic E-state index is 0. The second-order valence-electron chi connectivity index (χ2n) is 19.8. The number of ketones is 1. The molecule has 72 heavy (non-hydrogen) atoms. The van der Waals surface area contributed by atoms with Gasteiger partial charge in [0.15, 0.2) is 8.07 Å². The van der Waals surface area contributed by atoms with Crippen molar-refractivity contribution in [3.8, 4) is 0 Å². The minimum Gasteiger partial charge on any atom is -0.398 e. The summed E-state index contributed by atoms with van der Waals surface area (Å²) in [6, 6.07) is 40.0. The van der Waals surface area contributed by atoms with E-state index < -0.39 is 25.1 Å². The average molecular weight is 1520 g/mol. The Morgan fingerprint density at radius 2 is 1.10 bits per heavy atom. The van der Waals surface area contributed by atoms with Crippen LogP contribution in [0.5, 0.6) is 0 Å². The largest absolute Gasteiger partial charge is 1.00 e. The quantitative estimate of drug-likeness (QED) is 0.0755. The molecule has 2 N–H and O–H groups in total. The number of nitrogens with zero attached hydrogens (tertiary/aromatic N) is 1. The Kier molecular flexibility index (Phi) is 39.7. The second kappa shape index (κ2) is 38.2. The van der Waals surface area contributed by atoms with Crippen LogP contribution < -0.4 is 18.9 Å². The van der Waals surface area contributed by atoms with Crippen molar-refractivity contribution in [1.82, 2.24) is 5.06 Å². The van der Waals surface area contributed by atoms with Gasteiger partial charge < -0.3 is 21.9 Å². The van der Waals surface area contributed by atoms with Crippen molar-refractivity contribution in [2.45, 2.75) is 161 Å². The molecule has 0 heterocycles. The maximum atomic E-state index is 11.6. The van der Waals surface area contributed by atoms with E-state index in [1.165, 1.54) is 87.9 Å². The van der Waals surface area contributed by atoms with Crippen molar-refractivity contribution in [2.75, 3.05) is 14.2 Å². The third kappa shape index (κ3) is 26.6. The molecule has 4 aromatic carbocycles. The van der Waals surface area contributed by atoms with Gasteiger partial charge in [-0.3, -0.25) is 9.63 Å². The first-order valence-corrected chi connectivity index (χ1v) is 28.1. The fraction of sp³-hybridized carbons (Fsp3) is 0.534. The normalized spacial score (nSPS) is 16.3. The number of halogens is 3. The van der Waals surface area contributed by atoms with Gasteiger partial charge in [0.1, 0.15) is 5.78 Å². The van der Waals surface area contributed by atoms with Crippen molar-refractivity contribution >= 4 is 19.8 Å². The molecule has 4 fully saturated rings. The summed E-state index contributed by atoms with van der Waals surface area (Å²) in [6.45, 7) is 17.6. The summed E-state index contributed by atoms with van der Waals surface area (Å²) in [4.78, 5) is 27.5. The molecule has 0 radical (unpaired) electrons. The van der Waals surface area contributed by atoms with E-state index in [0.717, 1.165) is 61.6 Å². The van der Waals surface area contributed by atoms with Gasteiger partial charge in [-0.1, -0.05) is 101 Å². The van der Waals surface area contributed by atoms with E-state index in [-0.39, 0.29) is 93.9 Å². The van der Waals surface area contributed by atoms with Crippen LogP contribution in [0.15, 0.2) is 97.1 Å². The first kappa shape index (κ1) is 74.8. The first-order chi connectivity index (χ1) is 32.0. The number of hydrogen-bond acceptors (Lipinski definition) is 5. The van der Waals surface area contributed by atoms with Gasteiger partial charge in [-0.05, 0) is 89.5 Å². The Bertz CT molecular complexity index is 1970. The minimum atomic E-state index is -3.92. The molecule has 0 aromatic heterocycles. The molecule has 0 aliphatic heterocycles. The van der Waals surface area contributed by atoms with Crippen molar-refractivity contribution in [2.24, 2.45) is 23.7 Å². The molecule has 4 saturated carbocycles. The Labute approximate surface area is 489 Å². The number of carbonyl (C=O) groups is 2. The molecule has 0 saturated heterocycles. The van der Waals surface area contributed by atoms with Gasteiger partial charge in [-0.2, -0.15) is 116 Å². The molecule has 6 nitrogen and oxygen atoms in total. The zero-order valence-corrected chi connectivity index (χ0v) is 54.9. The van der Waals surface area contributed by atoms with E-state index >= 15 is 0 Å². The van der Waals surface area contributed by atoms with Gasteiger partial charge in [-0.25, -0.2) is 5.06 Å². The molecular weight excluding hydrogens is 1430 g/mol. The second-order valence-corrected chi connectivity index (χ2v) is 24.9. The first-order valence-electron chi connectivity index (χ1n) is 24.6. The number of alkyl halides is 3. The van der Waals surface area contributed by atoms with Crippen LogP contribution in [0.3, 0.4) is 0 Å². The molecule has 1 amide bonds. The summed E-state index contributed by atoms with van der Waals surface area (Å²) in [7, 11) is 0.305. The van der Waals surface area contributed by atoms with Crippen LogP contribution in [-0.2, 0) is 84.0 Å². The third-order valence-electron chi connectivity index (χ3n) is 13.3. The molecule has 2 atom stereocenters. The van der Waals surface area contributed by atoms with Crippen molar-refractivity contribution in [1.29, 1.82) is 0 Å². The maximum absolute atomic E-state index is 11.6. The zero-order valence-electron chi connectivity index (χ0n) is 45.1. The Balaban J connectivity index is -0.000000783. The van der Waals surface area contributed by atoms with Crippen molar-refractivity contribution < 1.29 is 120 Å². The molecule has 0 spiro atoms. The fourth-order valence-electron chi connectivity index (χ4n) is 7.02. The third-order valence-corrected chi connectivity index (χ3v) is 15.0. The fourth-order valence-corrected chi connectivity index (χ4v) is 7.02. The average Bonchev–Trinajstić information content (AvgIpc) is 3.22. The number of unbranched alkanes of at least 4 members (excludes halogenated alkanes) is 1. The van der Waals surface area contributed by atoms with Crippen LogP contribution in [0.2, 0.25) is 19.6 Å². The van der Waals surface area contributed by atoms with Crippen LogP contribution in [0.4, 0.5) is 13.2 Å². The number of benzene rings is 4. The van der Waals surface area contributed by atoms with Gasteiger partial charge in [0.2, 0.25) is 5.91 Å². The number of hydroxylamine groups is 2. The number of Topliss-reactive ketones (excluding diaryl/α,β-unsaturated/α-hetero) is 1. The molecule has 8 rings (SSSR count). The van der Waals surface area contributed by atoms with E-state index in [9.17, 15) is 33.0 Å². The topological polar surface area (TPSA) is 87.1 Å². The van der Waals surface area contributed by atoms with Gasteiger partial charge in [0.05, 0.1) is 12.7 Å². The summed E-state index contributed by atoms with van der Waals surface area (Å²) in [5.74, 6) is -2.04. The molecule has 4 aliphatic carbocycles. The number of aryl methyl sites for hydroxylation is 2. The Hall–Kier alpha value is -1.43. The summed E-state index contributed by atoms with van der Waals surface area (Å²) in [5.41, 5.74) is 4.12. The summed E-state index contributed by atoms with van der Waals surface area (Å²) in [5, 5.41) is 22.0. The van der Waals surface area contributed by atoms with Gasteiger partial charge in [0.25, 0.3) is 0 Å². The number of carbonyl (C=O) groups excluding carboxylic acids is 2. The summed E-state index contributed by atoms with van der Waals surface area (Å²) < 4.78 is 34.9. The van der Waals surface area contributed by atoms with E-state index in [0.29, 0.717) is 23.5 Å². The Morgan fingerprint density at radius 3 is 1.39 bits per heavy atom. The SMILES string of the molecule is CC(O)(c1c[c-]ccc1)C1CCC1.CON(C)C(=O)C1CCC1.C[Si](C)(C)C(F)(F)F.Cc1c[c-]ccc1.Cc1cccc(C(C)(O)C2CCC2)c1.O=C(c1c[c-]ccc1)C1CCC1.[CH2-]CCC.[Li+].[W].[W].[W]. The monoisotopic (exact) mass is 1520 g/mol. The molecule has 396 valence electrons. The number of hydrogen-bond donors (Lipinski definition) is 2. The van der Waals surface area contributed by atoms with Gasteiger partial charge in [-0.15, -0.1) is 5.56 Å². The van der Waals surface area contributed by atoms with Gasteiger partial charge in [0, 0.05) is 87.7 Å². The maximum Gasteiger partial charge on any atom is 1.00 e. The molecule has 4 aliphatic rings. The van der Waals surface area contributed by atoms with Crippen molar-refractivity contribution in [3.05, 3.63) is 150 Å². The predicted octanol–water partition coefficient (Wildman–Crippen LogP) is 11.6. The van der Waals surface area contributed by atoms with Crippen LogP contribution in [0.1, 0.15) is 143 Å². The van der Waals surface area contributed by atoms with Crippen LogP contribution in [-0.4, -0.2) is 55.0 Å². The Morgan fingerprint density at radius 1 is 0.694 bits per heavy atom. The molecule has 2 unspecified atom stereocenters. The van der Waals surface area contributed by atoms with E-state index in [4.69, 9.17) is 4.84 Å². The van der Waals surface area contributed by atoms with Crippen LogP contribution in [0, 0.1) is 62.6 Å².